The molecule has 0 aromatic rings. The fraction of sp³-hybridized carbons (Fsp3) is 0.929. The molecule has 1 saturated heterocycles. The van der Waals surface area contributed by atoms with E-state index in [0.29, 0.717) is 30.8 Å². The Balaban J connectivity index is 2.01. The molecule has 5 nitrogen and oxygen atoms in total. The molecule has 0 radical (unpaired) electrons. The molecule has 1 saturated carbocycles. The smallest absolute Gasteiger partial charge is 0.323 e. The van der Waals surface area contributed by atoms with Crippen LogP contribution in [0.25, 0.3) is 0 Å². The molecule has 0 spiro atoms. The first kappa shape index (κ1) is 14.8. The summed E-state index contributed by atoms with van der Waals surface area (Å²) in [5.74, 6) is -0.206. The standard InChI is InChI=1S/C14H27N3O2/c1-10-8-17(9-12(10)16(2)3)11-5-4-6-14(15,7-11)13(18)19/h10-12H,4-9,15H2,1-3H3,(H,18,19). The van der Waals surface area contributed by atoms with Crippen LogP contribution in [0.15, 0.2) is 0 Å². The highest BCUT2D eigenvalue weighted by Gasteiger charge is 2.43. The lowest BCUT2D eigenvalue weighted by molar-refractivity contribution is -0.145. The minimum atomic E-state index is -1.01. The number of likely N-dealkylation sites (N-methyl/N-ethyl adjacent to an activating group) is 1. The van der Waals surface area contributed by atoms with Crippen LogP contribution in [-0.2, 0) is 4.79 Å². The predicted molar refractivity (Wildman–Crippen MR) is 75.0 cm³/mol. The van der Waals surface area contributed by atoms with Crippen LogP contribution in [-0.4, -0.2) is 65.7 Å². The van der Waals surface area contributed by atoms with Crippen LogP contribution < -0.4 is 5.73 Å². The van der Waals surface area contributed by atoms with Gasteiger partial charge in [-0.25, -0.2) is 0 Å². The third kappa shape index (κ3) is 2.93. The van der Waals surface area contributed by atoms with Crippen molar-refractivity contribution in [3.8, 4) is 0 Å². The third-order valence-corrected chi connectivity index (χ3v) is 4.97. The number of aliphatic carboxylic acids is 1. The molecule has 1 heterocycles. The molecule has 2 aliphatic rings. The van der Waals surface area contributed by atoms with Gasteiger partial charge in [-0.3, -0.25) is 9.69 Å². The number of likely N-dealkylation sites (tertiary alicyclic amines) is 1. The van der Waals surface area contributed by atoms with Crippen molar-refractivity contribution in [3.63, 3.8) is 0 Å². The summed E-state index contributed by atoms with van der Waals surface area (Å²) in [6.07, 6.45) is 3.21. The lowest BCUT2D eigenvalue weighted by Crippen LogP contribution is -2.55. The average molecular weight is 269 g/mol. The van der Waals surface area contributed by atoms with Gasteiger partial charge >= 0.3 is 5.97 Å². The Morgan fingerprint density at radius 2 is 2.11 bits per heavy atom. The SMILES string of the molecule is CC1CN(C2CCCC(N)(C(=O)O)C2)CC1N(C)C. The quantitative estimate of drug-likeness (QED) is 0.785. The molecular formula is C14H27N3O2. The van der Waals surface area contributed by atoms with Gasteiger partial charge in [0, 0.05) is 25.2 Å². The lowest BCUT2D eigenvalue weighted by Gasteiger charge is -2.39. The maximum absolute atomic E-state index is 11.3. The largest absolute Gasteiger partial charge is 0.480 e. The summed E-state index contributed by atoms with van der Waals surface area (Å²) in [5, 5.41) is 9.30. The number of rotatable bonds is 3. The fourth-order valence-electron chi connectivity index (χ4n) is 3.74. The van der Waals surface area contributed by atoms with Gasteiger partial charge in [0.15, 0.2) is 0 Å². The number of hydrogen-bond acceptors (Lipinski definition) is 4. The number of carboxylic acid groups (broad SMARTS) is 1. The molecule has 4 atom stereocenters. The van der Waals surface area contributed by atoms with Crippen LogP contribution >= 0.6 is 0 Å². The Kier molecular flexibility index (Phi) is 4.18. The molecule has 1 aliphatic carbocycles. The van der Waals surface area contributed by atoms with Gasteiger partial charge in [-0.15, -0.1) is 0 Å². The Labute approximate surface area is 115 Å². The van der Waals surface area contributed by atoms with E-state index in [1.54, 1.807) is 0 Å². The van der Waals surface area contributed by atoms with Gasteiger partial charge in [-0.1, -0.05) is 6.92 Å². The van der Waals surface area contributed by atoms with E-state index in [9.17, 15) is 9.90 Å². The summed E-state index contributed by atoms with van der Waals surface area (Å²) in [7, 11) is 4.24. The summed E-state index contributed by atoms with van der Waals surface area (Å²) >= 11 is 0. The molecule has 5 heteroatoms. The van der Waals surface area contributed by atoms with Crippen molar-refractivity contribution in [2.45, 2.75) is 50.2 Å². The van der Waals surface area contributed by atoms with Crippen LogP contribution in [0.4, 0.5) is 0 Å². The molecule has 0 aromatic carbocycles. The molecule has 2 fully saturated rings. The van der Waals surface area contributed by atoms with Crippen molar-refractivity contribution in [1.82, 2.24) is 9.80 Å². The van der Waals surface area contributed by atoms with E-state index in [1.165, 1.54) is 0 Å². The molecular weight excluding hydrogens is 242 g/mol. The number of nitrogens with two attached hydrogens (primary N) is 1. The van der Waals surface area contributed by atoms with E-state index in [2.05, 4.69) is 30.8 Å². The monoisotopic (exact) mass is 269 g/mol. The summed E-state index contributed by atoms with van der Waals surface area (Å²) in [4.78, 5) is 16.1. The van der Waals surface area contributed by atoms with Crippen molar-refractivity contribution in [3.05, 3.63) is 0 Å². The van der Waals surface area contributed by atoms with E-state index in [0.717, 1.165) is 25.9 Å². The Morgan fingerprint density at radius 3 is 2.63 bits per heavy atom. The molecule has 110 valence electrons. The second-order valence-electron chi connectivity index (χ2n) is 6.67. The zero-order valence-corrected chi connectivity index (χ0v) is 12.3. The molecule has 1 aliphatic heterocycles. The molecule has 19 heavy (non-hydrogen) atoms. The summed E-state index contributed by atoms with van der Waals surface area (Å²) < 4.78 is 0. The van der Waals surface area contributed by atoms with Crippen LogP contribution in [0.5, 0.6) is 0 Å². The summed E-state index contributed by atoms with van der Waals surface area (Å²) in [6.45, 7) is 4.37. The van der Waals surface area contributed by atoms with E-state index in [4.69, 9.17) is 5.73 Å². The van der Waals surface area contributed by atoms with Gasteiger partial charge in [0.05, 0.1) is 0 Å². The van der Waals surface area contributed by atoms with Gasteiger partial charge in [0.2, 0.25) is 0 Å². The number of nitrogens with zero attached hydrogens (tertiary/aromatic N) is 2. The normalized spacial score (nSPS) is 40.8. The van der Waals surface area contributed by atoms with Crippen molar-refractivity contribution in [2.75, 3.05) is 27.2 Å². The van der Waals surface area contributed by atoms with E-state index >= 15 is 0 Å². The third-order valence-electron chi connectivity index (χ3n) is 4.97. The van der Waals surface area contributed by atoms with Gasteiger partial charge < -0.3 is 15.7 Å². The highest BCUT2D eigenvalue weighted by atomic mass is 16.4. The summed E-state index contributed by atoms with van der Waals surface area (Å²) in [5.41, 5.74) is 5.04. The zero-order valence-electron chi connectivity index (χ0n) is 12.3. The highest BCUT2D eigenvalue weighted by molar-refractivity contribution is 5.78. The topological polar surface area (TPSA) is 69.8 Å². The zero-order chi connectivity index (χ0) is 14.2. The van der Waals surface area contributed by atoms with Gasteiger partial charge in [-0.2, -0.15) is 0 Å². The van der Waals surface area contributed by atoms with E-state index in [1.807, 2.05) is 0 Å². The van der Waals surface area contributed by atoms with Crippen LogP contribution in [0, 0.1) is 5.92 Å². The molecule has 0 aromatic heterocycles. The second kappa shape index (κ2) is 5.38. The maximum atomic E-state index is 11.3. The molecule has 3 N–H and O–H groups in total. The Hall–Kier alpha value is -0.650. The fourth-order valence-corrected chi connectivity index (χ4v) is 3.74. The highest BCUT2D eigenvalue weighted by Crippen LogP contribution is 2.33. The number of hydrogen-bond donors (Lipinski definition) is 2. The first-order valence-corrected chi connectivity index (χ1v) is 7.26. The molecule has 0 amide bonds. The Bertz CT molecular complexity index is 348. The van der Waals surface area contributed by atoms with Gasteiger partial charge in [0.1, 0.15) is 5.54 Å². The van der Waals surface area contributed by atoms with Crippen LogP contribution in [0.1, 0.15) is 32.6 Å². The predicted octanol–water partition coefficient (Wildman–Crippen LogP) is 0.593. The lowest BCUT2D eigenvalue weighted by atomic mass is 9.79. The second-order valence-corrected chi connectivity index (χ2v) is 6.67. The molecule has 4 unspecified atom stereocenters. The Morgan fingerprint density at radius 1 is 1.42 bits per heavy atom. The maximum Gasteiger partial charge on any atom is 0.323 e. The van der Waals surface area contributed by atoms with Gasteiger partial charge in [-0.05, 0) is 45.7 Å². The van der Waals surface area contributed by atoms with Crippen molar-refractivity contribution in [1.29, 1.82) is 0 Å². The minimum Gasteiger partial charge on any atom is -0.480 e. The van der Waals surface area contributed by atoms with E-state index in [-0.39, 0.29) is 0 Å². The van der Waals surface area contributed by atoms with Gasteiger partial charge in [0.25, 0.3) is 0 Å². The van der Waals surface area contributed by atoms with Crippen molar-refractivity contribution in [2.24, 2.45) is 11.7 Å². The summed E-state index contributed by atoms with van der Waals surface area (Å²) in [6, 6.07) is 0.904. The van der Waals surface area contributed by atoms with Crippen LogP contribution in [0.3, 0.4) is 0 Å². The van der Waals surface area contributed by atoms with Crippen LogP contribution in [0.2, 0.25) is 0 Å². The average Bonchev–Trinajstić information content (AvgIpc) is 2.71. The first-order chi connectivity index (χ1) is 8.83. The molecule has 2 rings (SSSR count). The number of carbonyl (C=O) groups is 1. The minimum absolute atomic E-state index is 0.335. The molecule has 0 bridgehead atoms. The van der Waals surface area contributed by atoms with Crippen molar-refractivity contribution < 1.29 is 9.90 Å². The first-order valence-electron chi connectivity index (χ1n) is 7.26. The number of carboxylic acids is 1. The van der Waals surface area contributed by atoms with Crippen molar-refractivity contribution >= 4 is 5.97 Å². The van der Waals surface area contributed by atoms with E-state index < -0.39 is 11.5 Å².